The zero-order chi connectivity index (χ0) is 10.7. The van der Waals surface area contributed by atoms with Crippen LogP contribution in [0.4, 0.5) is 0 Å². The number of oxazole rings is 1. The van der Waals surface area contributed by atoms with Gasteiger partial charge in [0.25, 0.3) is 0 Å². The van der Waals surface area contributed by atoms with Crippen molar-refractivity contribution < 1.29 is 14.3 Å². The minimum Gasteiger partial charge on any atom is -0.481 e. The maximum Gasteiger partial charge on any atom is 0.312 e. The highest BCUT2D eigenvalue weighted by atomic mass is 16.4. The second kappa shape index (κ2) is 3.91. The lowest BCUT2D eigenvalue weighted by atomic mass is 10.2. The molecule has 0 aliphatic rings. The van der Waals surface area contributed by atoms with E-state index in [1.165, 1.54) is 6.20 Å². The van der Waals surface area contributed by atoms with Crippen molar-refractivity contribution in [2.24, 2.45) is 0 Å². The predicted octanol–water partition coefficient (Wildman–Crippen LogP) is 1.36. The van der Waals surface area contributed by atoms with Crippen molar-refractivity contribution in [3.8, 4) is 11.3 Å². The third kappa shape index (κ3) is 2.19. The van der Waals surface area contributed by atoms with E-state index in [0.717, 1.165) is 5.56 Å². The lowest BCUT2D eigenvalue weighted by Crippen LogP contribution is -1.99. The molecule has 2 aromatic rings. The zero-order valence-electron chi connectivity index (χ0n) is 7.75. The highest BCUT2D eigenvalue weighted by Gasteiger charge is 2.08. The minimum atomic E-state index is -0.960. The minimum absolute atomic E-state index is 0.203. The second-order valence-corrected chi connectivity index (χ2v) is 2.92. The molecule has 2 aromatic heterocycles. The topological polar surface area (TPSA) is 76.2 Å². The first-order valence-corrected chi connectivity index (χ1v) is 4.32. The zero-order valence-corrected chi connectivity index (χ0v) is 7.75. The SMILES string of the molecule is O=C(O)Cc1ncc(-c2ccncc2)o1. The molecule has 2 heterocycles. The Bertz CT molecular complexity index is 465. The van der Waals surface area contributed by atoms with Crippen molar-refractivity contribution in [1.29, 1.82) is 0 Å². The van der Waals surface area contributed by atoms with Gasteiger partial charge in [-0.05, 0) is 12.1 Å². The van der Waals surface area contributed by atoms with Crippen molar-refractivity contribution in [2.75, 3.05) is 0 Å². The molecule has 2 rings (SSSR count). The second-order valence-electron chi connectivity index (χ2n) is 2.92. The lowest BCUT2D eigenvalue weighted by molar-refractivity contribution is -0.136. The van der Waals surface area contributed by atoms with Crippen LogP contribution in [0.25, 0.3) is 11.3 Å². The van der Waals surface area contributed by atoms with E-state index in [4.69, 9.17) is 9.52 Å². The number of rotatable bonds is 3. The molecule has 5 heteroatoms. The van der Waals surface area contributed by atoms with E-state index < -0.39 is 5.97 Å². The van der Waals surface area contributed by atoms with Gasteiger partial charge in [-0.15, -0.1) is 0 Å². The van der Waals surface area contributed by atoms with Crippen molar-refractivity contribution in [1.82, 2.24) is 9.97 Å². The van der Waals surface area contributed by atoms with Crippen LogP contribution in [-0.2, 0) is 11.2 Å². The average molecular weight is 204 g/mol. The highest BCUT2D eigenvalue weighted by Crippen LogP contribution is 2.19. The number of aliphatic carboxylic acids is 1. The molecule has 0 saturated carbocycles. The third-order valence-corrected chi connectivity index (χ3v) is 1.82. The number of carboxylic acids is 1. The monoisotopic (exact) mass is 204 g/mol. The number of carbonyl (C=O) groups is 1. The summed E-state index contributed by atoms with van der Waals surface area (Å²) in [4.78, 5) is 18.1. The molecule has 0 aliphatic carbocycles. The van der Waals surface area contributed by atoms with Crippen LogP contribution in [0.15, 0.2) is 35.1 Å². The Morgan fingerprint density at radius 1 is 1.40 bits per heavy atom. The molecule has 0 radical (unpaired) electrons. The van der Waals surface area contributed by atoms with Crippen molar-refractivity contribution in [2.45, 2.75) is 6.42 Å². The molecule has 5 nitrogen and oxygen atoms in total. The van der Waals surface area contributed by atoms with Crippen LogP contribution < -0.4 is 0 Å². The molecule has 0 bridgehead atoms. The summed E-state index contributed by atoms with van der Waals surface area (Å²) in [5, 5.41) is 8.54. The Balaban J connectivity index is 2.24. The van der Waals surface area contributed by atoms with Gasteiger partial charge in [0.05, 0.1) is 6.20 Å². The number of hydrogen-bond acceptors (Lipinski definition) is 4. The van der Waals surface area contributed by atoms with Gasteiger partial charge >= 0.3 is 5.97 Å². The number of aromatic nitrogens is 2. The molecule has 0 unspecified atom stereocenters. The van der Waals surface area contributed by atoms with Crippen LogP contribution in [-0.4, -0.2) is 21.0 Å². The maximum atomic E-state index is 10.4. The molecule has 0 aromatic carbocycles. The van der Waals surface area contributed by atoms with E-state index in [1.807, 2.05) is 0 Å². The van der Waals surface area contributed by atoms with Crippen molar-refractivity contribution in [3.05, 3.63) is 36.6 Å². The summed E-state index contributed by atoms with van der Waals surface area (Å²) in [5.41, 5.74) is 0.828. The Labute approximate surface area is 85.4 Å². The molecule has 1 N–H and O–H groups in total. The summed E-state index contributed by atoms with van der Waals surface area (Å²) >= 11 is 0. The molecular formula is C10H8N2O3. The summed E-state index contributed by atoms with van der Waals surface area (Å²) in [6, 6.07) is 3.54. The molecule has 0 fully saturated rings. The fraction of sp³-hybridized carbons (Fsp3) is 0.100. The van der Waals surface area contributed by atoms with E-state index >= 15 is 0 Å². The fourth-order valence-corrected chi connectivity index (χ4v) is 1.17. The molecule has 0 spiro atoms. The summed E-state index contributed by atoms with van der Waals surface area (Å²) in [5.74, 6) is -0.207. The van der Waals surface area contributed by atoms with Crippen molar-refractivity contribution >= 4 is 5.97 Å². The van der Waals surface area contributed by atoms with Crippen LogP contribution in [0.1, 0.15) is 5.89 Å². The first-order valence-electron chi connectivity index (χ1n) is 4.32. The molecule has 0 amide bonds. The van der Waals surface area contributed by atoms with E-state index in [-0.39, 0.29) is 12.3 Å². The predicted molar refractivity (Wildman–Crippen MR) is 51.1 cm³/mol. The van der Waals surface area contributed by atoms with E-state index in [9.17, 15) is 4.79 Å². The lowest BCUT2D eigenvalue weighted by Gasteiger charge is -1.93. The summed E-state index contributed by atoms with van der Waals surface area (Å²) in [6.45, 7) is 0. The van der Waals surface area contributed by atoms with Crippen LogP contribution in [0.3, 0.4) is 0 Å². The van der Waals surface area contributed by atoms with Gasteiger partial charge in [0, 0.05) is 18.0 Å². The normalized spacial score (nSPS) is 10.1. The molecule has 76 valence electrons. The maximum absolute atomic E-state index is 10.4. The fourth-order valence-electron chi connectivity index (χ4n) is 1.17. The number of pyridine rings is 1. The number of nitrogens with zero attached hydrogens (tertiary/aromatic N) is 2. The number of hydrogen-bond donors (Lipinski definition) is 1. The Kier molecular flexibility index (Phi) is 2.45. The third-order valence-electron chi connectivity index (χ3n) is 1.82. The van der Waals surface area contributed by atoms with E-state index in [2.05, 4.69) is 9.97 Å². The van der Waals surface area contributed by atoms with Crippen LogP contribution in [0.5, 0.6) is 0 Å². The van der Waals surface area contributed by atoms with Gasteiger partial charge in [-0.25, -0.2) is 4.98 Å². The largest absolute Gasteiger partial charge is 0.481 e. The highest BCUT2D eigenvalue weighted by molar-refractivity contribution is 5.69. The van der Waals surface area contributed by atoms with E-state index in [1.54, 1.807) is 24.5 Å². The van der Waals surface area contributed by atoms with Gasteiger partial charge in [0.2, 0.25) is 5.89 Å². The van der Waals surface area contributed by atoms with Crippen LogP contribution in [0.2, 0.25) is 0 Å². The van der Waals surface area contributed by atoms with Gasteiger partial charge < -0.3 is 9.52 Å². The van der Waals surface area contributed by atoms with E-state index in [0.29, 0.717) is 5.76 Å². The molecule has 0 atom stereocenters. The van der Waals surface area contributed by atoms with Gasteiger partial charge in [-0.3, -0.25) is 9.78 Å². The summed E-state index contributed by atoms with van der Waals surface area (Å²) in [7, 11) is 0. The Hall–Kier alpha value is -2.17. The smallest absolute Gasteiger partial charge is 0.312 e. The van der Waals surface area contributed by atoms with Crippen molar-refractivity contribution in [3.63, 3.8) is 0 Å². The number of carboxylic acid groups (broad SMARTS) is 1. The van der Waals surface area contributed by atoms with Gasteiger partial charge in [0.15, 0.2) is 5.76 Å². The first kappa shape index (κ1) is 9.39. The standard InChI is InChI=1S/C10H8N2O3/c13-10(14)5-9-12-6-8(15-9)7-1-3-11-4-2-7/h1-4,6H,5H2,(H,13,14). The van der Waals surface area contributed by atoms with Crippen LogP contribution in [0, 0.1) is 0 Å². The summed E-state index contributed by atoms with van der Waals surface area (Å²) < 4.78 is 5.26. The Morgan fingerprint density at radius 3 is 2.80 bits per heavy atom. The molecule has 15 heavy (non-hydrogen) atoms. The van der Waals surface area contributed by atoms with Gasteiger partial charge in [0.1, 0.15) is 6.42 Å². The van der Waals surface area contributed by atoms with Gasteiger partial charge in [-0.2, -0.15) is 0 Å². The quantitative estimate of drug-likeness (QED) is 0.816. The average Bonchev–Trinajstić information content (AvgIpc) is 2.67. The van der Waals surface area contributed by atoms with Crippen LogP contribution >= 0.6 is 0 Å². The Morgan fingerprint density at radius 2 is 2.13 bits per heavy atom. The molecule has 0 saturated heterocycles. The first-order chi connectivity index (χ1) is 7.25. The molecule has 0 aliphatic heterocycles. The summed E-state index contributed by atoms with van der Waals surface area (Å²) in [6.07, 6.45) is 4.57. The van der Waals surface area contributed by atoms with Gasteiger partial charge in [-0.1, -0.05) is 0 Å². The molecular weight excluding hydrogens is 196 g/mol.